The van der Waals surface area contributed by atoms with E-state index in [1.165, 1.54) is 0 Å². The zero-order valence-corrected chi connectivity index (χ0v) is 24.4. The Hall–Kier alpha value is -1.34. The van der Waals surface area contributed by atoms with Gasteiger partial charge in [0.05, 0.1) is 24.7 Å². The number of aliphatic imine (C=N–C) groups is 1. The predicted octanol–water partition coefficient (Wildman–Crippen LogP) is 5.57. The van der Waals surface area contributed by atoms with Gasteiger partial charge in [-0.2, -0.15) is 4.98 Å². The summed E-state index contributed by atoms with van der Waals surface area (Å²) in [6.07, 6.45) is 5.34. The van der Waals surface area contributed by atoms with E-state index in [1.807, 2.05) is 24.6 Å². The number of nitrogens with one attached hydrogen (secondary N) is 1. The third-order valence-electron chi connectivity index (χ3n) is 6.45. The van der Waals surface area contributed by atoms with Gasteiger partial charge in [-0.3, -0.25) is 9.78 Å². The van der Waals surface area contributed by atoms with Gasteiger partial charge in [-0.1, -0.05) is 40.7 Å². The molecule has 3 atom stereocenters. The summed E-state index contributed by atoms with van der Waals surface area (Å²) in [5.74, 6) is 0.535. The van der Waals surface area contributed by atoms with Crippen LogP contribution in [0.15, 0.2) is 28.6 Å². The molecule has 3 rings (SSSR count). The highest BCUT2D eigenvalue weighted by Crippen LogP contribution is 2.39. The first kappa shape index (κ1) is 27.2. The van der Waals surface area contributed by atoms with Crippen molar-refractivity contribution in [3.63, 3.8) is 0 Å². The molecule has 0 aromatic carbocycles. The van der Waals surface area contributed by atoms with Gasteiger partial charge in [-0.05, 0) is 46.6 Å². The highest BCUT2D eigenvalue weighted by atomic mass is 127. The van der Waals surface area contributed by atoms with Gasteiger partial charge in [0, 0.05) is 22.4 Å². The maximum absolute atomic E-state index is 12.8. The van der Waals surface area contributed by atoms with Gasteiger partial charge >= 0.3 is 0 Å². The van der Waals surface area contributed by atoms with Crippen molar-refractivity contribution in [2.45, 2.75) is 77.6 Å². The number of hydrogen-bond acceptors (Lipinski definition) is 6. The van der Waals surface area contributed by atoms with E-state index in [9.17, 15) is 4.79 Å². The Labute approximate surface area is 216 Å². The lowest BCUT2D eigenvalue weighted by Gasteiger charge is -2.37. The van der Waals surface area contributed by atoms with E-state index in [1.54, 1.807) is 12.3 Å². The minimum absolute atomic E-state index is 0.104. The third-order valence-corrected chi connectivity index (χ3v) is 11.8. The summed E-state index contributed by atoms with van der Waals surface area (Å²) in [4.78, 5) is 24.6. The molecule has 2 aromatic heterocycles. The molecule has 0 saturated carbocycles. The normalized spacial score (nSPS) is 21.9. The van der Waals surface area contributed by atoms with Crippen LogP contribution in [0.4, 0.5) is 5.95 Å². The Kier molecular flexibility index (Phi) is 8.60. The SMILES string of the molecule is C=CCOC1C[C@H](n2cc(I)c3c(=O)[nH]c(N=CC(C)C)nc32)O[C@@H]1CO[Si](C)(C)C(C)(C)C. The molecule has 1 N–H and O–H groups in total. The second kappa shape index (κ2) is 10.7. The third kappa shape index (κ3) is 6.07. The zero-order valence-electron chi connectivity index (χ0n) is 21.2. The van der Waals surface area contributed by atoms with Crippen LogP contribution < -0.4 is 5.56 Å². The molecule has 0 spiro atoms. The maximum atomic E-state index is 12.8. The lowest BCUT2D eigenvalue weighted by Crippen LogP contribution is -2.44. The molecular formula is C24H37IN4O4Si. The van der Waals surface area contributed by atoms with Gasteiger partial charge in [-0.15, -0.1) is 6.58 Å². The molecule has 8 nitrogen and oxygen atoms in total. The standard InChI is InChI=1S/C24H37IN4O4Si/c1-9-10-31-17-11-19(33-18(17)14-32-34(7,8)24(4,5)6)29-13-16(25)20-21(29)27-23(28-22(20)30)26-12-15(2)3/h9,12-13,15,17-19H,1,10-11,14H2,2-8H3,(H,27,28,30)/t17?,18-,19-/m1/s1. The van der Waals surface area contributed by atoms with Crippen LogP contribution in [0.1, 0.15) is 47.3 Å². The molecule has 1 aliphatic heterocycles. The molecule has 1 saturated heterocycles. The second-order valence-electron chi connectivity index (χ2n) is 10.6. The molecule has 1 unspecified atom stereocenters. The van der Waals surface area contributed by atoms with Crippen LogP contribution in [0.5, 0.6) is 0 Å². The zero-order chi connectivity index (χ0) is 25.3. The summed E-state index contributed by atoms with van der Waals surface area (Å²) in [6.45, 7) is 19.8. The number of aromatic nitrogens is 3. The topological polar surface area (TPSA) is 90.7 Å². The summed E-state index contributed by atoms with van der Waals surface area (Å²) in [5, 5.41) is 0.643. The number of fused-ring (bicyclic) bond motifs is 1. The van der Waals surface area contributed by atoms with Crippen LogP contribution in [0.25, 0.3) is 11.0 Å². The van der Waals surface area contributed by atoms with E-state index in [0.29, 0.717) is 30.7 Å². The first-order valence-electron chi connectivity index (χ1n) is 11.7. The Bertz CT molecular complexity index is 1100. The van der Waals surface area contributed by atoms with Crippen LogP contribution in [0, 0.1) is 9.49 Å². The van der Waals surface area contributed by atoms with Crippen LogP contribution in [-0.2, 0) is 13.9 Å². The molecule has 0 radical (unpaired) electrons. The molecule has 188 valence electrons. The molecule has 0 amide bonds. The Morgan fingerprint density at radius 1 is 1.44 bits per heavy atom. The van der Waals surface area contributed by atoms with Crippen molar-refractivity contribution < 1.29 is 13.9 Å². The Morgan fingerprint density at radius 3 is 2.76 bits per heavy atom. The number of nitrogens with zero attached hydrogens (tertiary/aromatic N) is 3. The van der Waals surface area contributed by atoms with Crippen molar-refractivity contribution in [3.8, 4) is 0 Å². The van der Waals surface area contributed by atoms with Gasteiger partial charge in [0.2, 0.25) is 5.95 Å². The van der Waals surface area contributed by atoms with E-state index in [2.05, 4.69) is 78.0 Å². The first-order valence-corrected chi connectivity index (χ1v) is 15.7. The minimum Gasteiger partial charge on any atom is -0.414 e. The smallest absolute Gasteiger partial charge is 0.262 e. The molecule has 1 aliphatic rings. The van der Waals surface area contributed by atoms with E-state index < -0.39 is 8.32 Å². The summed E-state index contributed by atoms with van der Waals surface area (Å²) in [5.41, 5.74) is 0.349. The molecule has 0 aliphatic carbocycles. The van der Waals surface area contributed by atoms with Gasteiger partial charge in [-0.25, -0.2) is 4.99 Å². The lowest BCUT2D eigenvalue weighted by molar-refractivity contribution is -0.0535. The maximum Gasteiger partial charge on any atom is 0.262 e. The summed E-state index contributed by atoms with van der Waals surface area (Å²) in [7, 11) is -1.95. The van der Waals surface area contributed by atoms with Gasteiger partial charge in [0.15, 0.2) is 14.0 Å². The van der Waals surface area contributed by atoms with Crippen molar-refractivity contribution in [2.24, 2.45) is 10.9 Å². The molecular weight excluding hydrogens is 563 g/mol. The molecule has 0 bridgehead atoms. The largest absolute Gasteiger partial charge is 0.414 e. The van der Waals surface area contributed by atoms with Crippen LogP contribution in [0.2, 0.25) is 18.1 Å². The van der Waals surface area contributed by atoms with Crippen molar-refractivity contribution in [1.82, 2.24) is 14.5 Å². The second-order valence-corrected chi connectivity index (χ2v) is 16.6. The monoisotopic (exact) mass is 600 g/mol. The summed E-state index contributed by atoms with van der Waals surface area (Å²) in [6, 6.07) is 0. The van der Waals surface area contributed by atoms with E-state index in [0.717, 1.165) is 3.57 Å². The fourth-order valence-electron chi connectivity index (χ4n) is 3.50. The minimum atomic E-state index is -1.95. The van der Waals surface area contributed by atoms with E-state index >= 15 is 0 Å². The van der Waals surface area contributed by atoms with Crippen LogP contribution in [-0.4, -0.2) is 54.5 Å². The number of H-pyrrole nitrogens is 1. The van der Waals surface area contributed by atoms with Crippen molar-refractivity contribution >= 4 is 54.1 Å². The number of rotatable bonds is 9. The molecule has 3 heterocycles. The lowest BCUT2D eigenvalue weighted by atomic mass is 10.2. The van der Waals surface area contributed by atoms with Crippen molar-refractivity contribution in [1.29, 1.82) is 0 Å². The summed E-state index contributed by atoms with van der Waals surface area (Å²) >= 11 is 2.17. The predicted molar refractivity (Wildman–Crippen MR) is 148 cm³/mol. The Balaban J connectivity index is 1.92. The van der Waals surface area contributed by atoms with E-state index in [-0.39, 0.29) is 40.9 Å². The average molecular weight is 601 g/mol. The fourth-order valence-corrected chi connectivity index (χ4v) is 5.30. The Morgan fingerprint density at radius 2 is 2.15 bits per heavy atom. The summed E-state index contributed by atoms with van der Waals surface area (Å²) < 4.78 is 21.7. The van der Waals surface area contributed by atoms with Crippen LogP contribution in [0.3, 0.4) is 0 Å². The molecule has 34 heavy (non-hydrogen) atoms. The van der Waals surface area contributed by atoms with Gasteiger partial charge < -0.3 is 18.5 Å². The molecule has 2 aromatic rings. The first-order chi connectivity index (χ1) is 15.8. The van der Waals surface area contributed by atoms with Crippen molar-refractivity contribution in [3.05, 3.63) is 32.8 Å². The van der Waals surface area contributed by atoms with E-state index in [4.69, 9.17) is 13.9 Å². The molecule has 10 heteroatoms. The average Bonchev–Trinajstić information content (AvgIpc) is 3.29. The number of ether oxygens (including phenoxy) is 2. The fraction of sp³-hybridized carbons (Fsp3) is 0.625. The number of aromatic amines is 1. The molecule has 1 fully saturated rings. The van der Waals surface area contributed by atoms with Crippen LogP contribution >= 0.6 is 22.6 Å². The number of halogens is 1. The highest BCUT2D eigenvalue weighted by Gasteiger charge is 2.42. The quantitative estimate of drug-likeness (QED) is 0.176. The highest BCUT2D eigenvalue weighted by molar-refractivity contribution is 14.1. The van der Waals surface area contributed by atoms with Crippen molar-refractivity contribution in [2.75, 3.05) is 13.2 Å². The number of hydrogen-bond donors (Lipinski definition) is 1. The van der Waals surface area contributed by atoms with Gasteiger partial charge in [0.1, 0.15) is 12.3 Å². The van der Waals surface area contributed by atoms with Gasteiger partial charge in [0.25, 0.3) is 5.56 Å².